The molecule has 2 rings (SSSR count). The van der Waals surface area contributed by atoms with Gasteiger partial charge in [0.15, 0.2) is 11.6 Å². The van der Waals surface area contributed by atoms with Crippen LogP contribution < -0.4 is 26.4 Å². The number of hydrogen-bond donors (Lipinski definition) is 5. The van der Waals surface area contributed by atoms with E-state index in [0.29, 0.717) is 23.4 Å². The Bertz CT molecular complexity index is 989. The zero-order valence-electron chi connectivity index (χ0n) is 18.9. The maximum absolute atomic E-state index is 15.4. The highest BCUT2D eigenvalue weighted by Gasteiger charge is 2.22. The molecule has 0 unspecified atom stereocenters. The van der Waals surface area contributed by atoms with Gasteiger partial charge in [-0.2, -0.15) is 0 Å². The van der Waals surface area contributed by atoms with E-state index in [1.54, 1.807) is 30.3 Å². The fraction of sp³-hybridized carbons (Fsp3) is 0.391. The monoisotopic (exact) mass is 480 g/mol. The highest BCUT2D eigenvalue weighted by Crippen LogP contribution is 2.37. The van der Waals surface area contributed by atoms with Crippen LogP contribution in [0.2, 0.25) is 5.02 Å². The molecule has 2 aromatic carbocycles. The van der Waals surface area contributed by atoms with Gasteiger partial charge in [-0.05, 0) is 50.1 Å². The molecule has 180 valence electrons. The summed E-state index contributed by atoms with van der Waals surface area (Å²) < 4.78 is 21.2. The minimum absolute atomic E-state index is 0.0742. The van der Waals surface area contributed by atoms with E-state index in [1.165, 1.54) is 0 Å². The van der Waals surface area contributed by atoms with E-state index in [4.69, 9.17) is 27.2 Å². The predicted octanol–water partition coefficient (Wildman–Crippen LogP) is 4.37. The fourth-order valence-corrected chi connectivity index (χ4v) is 3.48. The molecule has 0 aromatic heterocycles. The number of carbonyl (C=O) groups is 2. The number of nitrogen functional groups attached to an aromatic ring is 1. The van der Waals surface area contributed by atoms with Gasteiger partial charge in [0, 0.05) is 42.8 Å². The molecule has 8 nitrogen and oxygen atoms in total. The summed E-state index contributed by atoms with van der Waals surface area (Å²) in [5.74, 6) is -0.470. The molecular formula is C23H30ClFN4O4. The first-order chi connectivity index (χ1) is 15.6. The normalized spacial score (nSPS) is 12.6. The van der Waals surface area contributed by atoms with Gasteiger partial charge < -0.3 is 31.5 Å². The summed E-state index contributed by atoms with van der Waals surface area (Å²) in [5.41, 5.74) is 7.62. The molecule has 10 heteroatoms. The second kappa shape index (κ2) is 12.3. The number of benzene rings is 2. The number of anilines is 1. The Morgan fingerprint density at radius 2 is 1.91 bits per heavy atom. The van der Waals surface area contributed by atoms with E-state index in [9.17, 15) is 9.59 Å². The molecule has 0 saturated carbocycles. The van der Waals surface area contributed by atoms with Crippen LogP contribution in [0.1, 0.15) is 43.9 Å². The van der Waals surface area contributed by atoms with Crippen LogP contribution in [0.4, 0.5) is 14.9 Å². The van der Waals surface area contributed by atoms with Crippen molar-refractivity contribution in [1.29, 1.82) is 0 Å². The molecule has 0 radical (unpaired) electrons. The summed E-state index contributed by atoms with van der Waals surface area (Å²) in [5, 5.41) is 16.8. The summed E-state index contributed by atoms with van der Waals surface area (Å²) in [4.78, 5) is 22.5. The summed E-state index contributed by atoms with van der Waals surface area (Å²) >= 11 is 6.22. The average Bonchev–Trinajstić information content (AvgIpc) is 2.75. The van der Waals surface area contributed by atoms with Crippen molar-refractivity contribution in [1.82, 2.24) is 16.0 Å². The lowest BCUT2D eigenvalue weighted by molar-refractivity contribution is -0.121. The smallest absolute Gasteiger partial charge is 0.404 e. The lowest BCUT2D eigenvalue weighted by atomic mass is 10.0. The van der Waals surface area contributed by atoms with Crippen LogP contribution in [0.25, 0.3) is 0 Å². The number of nitrogens with one attached hydrogen (secondary N) is 3. The number of amides is 2. The van der Waals surface area contributed by atoms with E-state index < -0.39 is 11.9 Å². The highest BCUT2D eigenvalue weighted by atomic mass is 35.5. The lowest BCUT2D eigenvalue weighted by Gasteiger charge is -2.24. The fourth-order valence-electron chi connectivity index (χ4n) is 3.29. The van der Waals surface area contributed by atoms with Gasteiger partial charge in [-0.3, -0.25) is 4.79 Å². The van der Waals surface area contributed by atoms with Gasteiger partial charge in [0.25, 0.3) is 0 Å². The summed E-state index contributed by atoms with van der Waals surface area (Å²) in [6.45, 7) is 5.85. The molecule has 0 fully saturated rings. The molecule has 6 N–H and O–H groups in total. The van der Waals surface area contributed by atoms with Crippen molar-refractivity contribution in [3.8, 4) is 11.5 Å². The third-order valence-electron chi connectivity index (χ3n) is 5.02. The molecule has 0 bridgehead atoms. The van der Waals surface area contributed by atoms with E-state index in [2.05, 4.69) is 16.0 Å². The van der Waals surface area contributed by atoms with Gasteiger partial charge in [-0.15, -0.1) is 0 Å². The van der Waals surface area contributed by atoms with E-state index in [0.717, 1.165) is 5.56 Å². The number of rotatable bonds is 11. The zero-order chi connectivity index (χ0) is 24.5. The molecule has 0 aliphatic rings. The minimum atomic E-state index is -1.15. The van der Waals surface area contributed by atoms with E-state index in [1.807, 2.05) is 20.8 Å². The Hall–Kier alpha value is -3.04. The number of aryl methyl sites for hydroxylation is 1. The Kier molecular flexibility index (Phi) is 9.74. The first-order valence-corrected chi connectivity index (χ1v) is 11.0. The zero-order valence-corrected chi connectivity index (χ0v) is 19.6. The standard InChI is InChI=1S/C23H30ClFN4O4/c1-4-19(29-14(3)12-20(30)27-9-10-28-23(31)32)16-6-7-17(24)22(21(16)25)33-15-5-8-18(26)13(2)11-15/h5-8,11,14,19,28-29H,4,9-10,12,26H2,1-3H3,(H,27,30)(H,31,32)/t14-,19+/m0/s1. The van der Waals surface area contributed by atoms with Gasteiger partial charge in [-0.25, -0.2) is 9.18 Å². The molecular weight excluding hydrogens is 451 g/mol. The molecule has 0 saturated heterocycles. The first kappa shape index (κ1) is 26.2. The van der Waals surface area contributed by atoms with Crippen LogP contribution in [-0.2, 0) is 4.79 Å². The largest absolute Gasteiger partial charge is 0.465 e. The molecule has 2 atom stereocenters. The molecule has 2 amide bonds. The Balaban J connectivity index is 2.07. The summed E-state index contributed by atoms with van der Waals surface area (Å²) in [7, 11) is 0. The van der Waals surface area contributed by atoms with Crippen molar-refractivity contribution < 1.29 is 23.8 Å². The van der Waals surface area contributed by atoms with Crippen LogP contribution in [-0.4, -0.2) is 36.2 Å². The summed E-state index contributed by atoms with van der Waals surface area (Å²) in [6.07, 6.45) is -0.440. The number of halogens is 2. The van der Waals surface area contributed by atoms with Crippen molar-refractivity contribution in [3.63, 3.8) is 0 Å². The molecule has 0 spiro atoms. The van der Waals surface area contributed by atoms with Crippen LogP contribution in [0.3, 0.4) is 0 Å². The van der Waals surface area contributed by atoms with Crippen molar-refractivity contribution in [2.24, 2.45) is 0 Å². The van der Waals surface area contributed by atoms with Crippen LogP contribution >= 0.6 is 11.6 Å². The molecule has 0 aliphatic heterocycles. The van der Waals surface area contributed by atoms with Crippen LogP contribution in [0, 0.1) is 12.7 Å². The number of hydrogen-bond acceptors (Lipinski definition) is 5. The van der Waals surface area contributed by atoms with E-state index >= 15 is 4.39 Å². The van der Waals surface area contributed by atoms with Crippen molar-refractivity contribution >= 4 is 29.3 Å². The second-order valence-electron chi connectivity index (χ2n) is 7.71. The number of carboxylic acid groups (broad SMARTS) is 1. The second-order valence-corrected chi connectivity index (χ2v) is 8.12. The van der Waals surface area contributed by atoms with Gasteiger partial charge in [0.05, 0.1) is 5.02 Å². The van der Waals surface area contributed by atoms with Crippen LogP contribution in [0.15, 0.2) is 30.3 Å². The Labute approximate surface area is 197 Å². The Morgan fingerprint density at radius 3 is 2.55 bits per heavy atom. The van der Waals surface area contributed by atoms with Gasteiger partial charge >= 0.3 is 6.09 Å². The van der Waals surface area contributed by atoms with E-state index in [-0.39, 0.29) is 48.3 Å². The third-order valence-corrected chi connectivity index (χ3v) is 5.32. The average molecular weight is 481 g/mol. The highest BCUT2D eigenvalue weighted by molar-refractivity contribution is 6.32. The number of ether oxygens (including phenoxy) is 1. The molecule has 2 aromatic rings. The maximum atomic E-state index is 15.4. The summed E-state index contributed by atoms with van der Waals surface area (Å²) in [6, 6.07) is 7.57. The maximum Gasteiger partial charge on any atom is 0.404 e. The predicted molar refractivity (Wildman–Crippen MR) is 126 cm³/mol. The molecule has 0 heterocycles. The van der Waals surface area contributed by atoms with Gasteiger partial charge in [0.2, 0.25) is 5.91 Å². The third kappa shape index (κ3) is 7.80. The molecule has 33 heavy (non-hydrogen) atoms. The lowest BCUT2D eigenvalue weighted by Crippen LogP contribution is -2.38. The van der Waals surface area contributed by atoms with Crippen molar-refractivity contribution in [3.05, 3.63) is 52.3 Å². The Morgan fingerprint density at radius 1 is 1.21 bits per heavy atom. The van der Waals surface area contributed by atoms with Gasteiger partial charge in [0.1, 0.15) is 5.75 Å². The SMILES string of the molecule is CC[C@@H](N[C@@H](C)CC(=O)NCCNC(=O)O)c1ccc(Cl)c(Oc2ccc(N)c(C)c2)c1F. The molecule has 0 aliphatic carbocycles. The van der Waals surface area contributed by atoms with Crippen LogP contribution in [0.5, 0.6) is 11.5 Å². The topological polar surface area (TPSA) is 126 Å². The minimum Gasteiger partial charge on any atom is -0.465 e. The van der Waals surface area contributed by atoms with Gasteiger partial charge in [-0.1, -0.05) is 24.6 Å². The number of carbonyl (C=O) groups excluding carboxylic acids is 1. The van der Waals surface area contributed by atoms with Crippen molar-refractivity contribution in [2.75, 3.05) is 18.8 Å². The quantitative estimate of drug-likeness (QED) is 0.240. The van der Waals surface area contributed by atoms with Crippen molar-refractivity contribution in [2.45, 2.75) is 45.7 Å². The first-order valence-electron chi connectivity index (χ1n) is 10.6. The number of nitrogens with two attached hydrogens (primary N) is 1.